The third-order valence-electron chi connectivity index (χ3n) is 3.00. The Balaban J connectivity index is 3.18. The molecule has 0 saturated heterocycles. The zero-order valence-electron chi connectivity index (χ0n) is 12.3. The number of nitrogens with zero attached hydrogens (tertiary/aromatic N) is 1. The maximum absolute atomic E-state index is 12.5. The van der Waals surface area contributed by atoms with E-state index in [0.717, 1.165) is 6.54 Å². The van der Waals surface area contributed by atoms with Gasteiger partial charge < -0.3 is 10.1 Å². The van der Waals surface area contributed by atoms with Crippen LogP contribution in [-0.4, -0.2) is 46.6 Å². The van der Waals surface area contributed by atoms with Crippen LogP contribution in [0.1, 0.15) is 12.5 Å². The summed E-state index contributed by atoms with van der Waals surface area (Å²) < 4.78 is 31.1. The number of sulfonamides is 1. The van der Waals surface area contributed by atoms with E-state index in [-0.39, 0.29) is 16.5 Å². The highest BCUT2D eigenvalue weighted by molar-refractivity contribution is 7.89. The third-order valence-corrected chi connectivity index (χ3v) is 5.80. The Kier molecular flexibility index (Phi) is 7.39. The first-order chi connectivity index (χ1) is 9.86. The maximum atomic E-state index is 12.5. The largest absolute Gasteiger partial charge is 0.383 e. The normalized spacial score (nSPS) is 12.1. The van der Waals surface area contributed by atoms with Crippen LogP contribution in [0.4, 0.5) is 0 Å². The summed E-state index contributed by atoms with van der Waals surface area (Å²) >= 11 is 12.3. The van der Waals surface area contributed by atoms with Gasteiger partial charge in [0, 0.05) is 37.8 Å². The zero-order chi connectivity index (χ0) is 16.0. The standard InChI is InChI=1S/C13H20Cl2N2O3S/c1-4-16-9-10-11(14)5-6-12(13(10)15)21(18,19)17(2)7-8-20-3/h5-6,16H,4,7-9H2,1-3H3. The smallest absolute Gasteiger partial charge is 0.244 e. The summed E-state index contributed by atoms with van der Waals surface area (Å²) in [6, 6.07) is 2.98. The highest BCUT2D eigenvalue weighted by atomic mass is 35.5. The molecule has 0 fully saturated rings. The van der Waals surface area contributed by atoms with Gasteiger partial charge in [0.25, 0.3) is 0 Å². The second-order valence-corrected chi connectivity index (χ2v) is 7.24. The van der Waals surface area contributed by atoms with Gasteiger partial charge in [-0.3, -0.25) is 0 Å². The summed E-state index contributed by atoms with van der Waals surface area (Å²) in [6.07, 6.45) is 0. The first-order valence-corrected chi connectivity index (χ1v) is 8.68. The Morgan fingerprint density at radius 1 is 1.33 bits per heavy atom. The molecule has 1 N–H and O–H groups in total. The molecule has 0 aliphatic carbocycles. The summed E-state index contributed by atoms with van der Waals surface area (Å²) in [6.45, 7) is 3.66. The van der Waals surface area contributed by atoms with Crippen molar-refractivity contribution in [2.75, 3.05) is 33.9 Å². The lowest BCUT2D eigenvalue weighted by atomic mass is 10.2. The van der Waals surface area contributed by atoms with Crippen molar-refractivity contribution in [1.82, 2.24) is 9.62 Å². The van der Waals surface area contributed by atoms with E-state index in [1.807, 2.05) is 6.92 Å². The van der Waals surface area contributed by atoms with Gasteiger partial charge in [0.15, 0.2) is 0 Å². The fourth-order valence-corrected chi connectivity index (χ4v) is 3.73. The van der Waals surface area contributed by atoms with E-state index < -0.39 is 10.0 Å². The molecule has 0 spiro atoms. The van der Waals surface area contributed by atoms with Crippen LogP contribution >= 0.6 is 23.2 Å². The lowest BCUT2D eigenvalue weighted by molar-refractivity contribution is 0.185. The van der Waals surface area contributed by atoms with E-state index in [1.54, 1.807) is 6.07 Å². The molecule has 0 unspecified atom stereocenters. The molecule has 0 atom stereocenters. The van der Waals surface area contributed by atoms with Gasteiger partial charge in [-0.2, -0.15) is 4.31 Å². The van der Waals surface area contributed by atoms with Crippen molar-refractivity contribution >= 4 is 33.2 Å². The summed E-state index contributed by atoms with van der Waals surface area (Å²) in [4.78, 5) is 0.0556. The predicted molar refractivity (Wildman–Crippen MR) is 85.5 cm³/mol. The van der Waals surface area contributed by atoms with Crippen LogP contribution < -0.4 is 5.32 Å². The van der Waals surface area contributed by atoms with Gasteiger partial charge in [0.2, 0.25) is 10.0 Å². The van der Waals surface area contributed by atoms with E-state index >= 15 is 0 Å². The Morgan fingerprint density at radius 2 is 2.00 bits per heavy atom. The Hall–Kier alpha value is -0.370. The molecule has 5 nitrogen and oxygen atoms in total. The number of nitrogens with one attached hydrogen (secondary N) is 1. The molecule has 120 valence electrons. The molecular formula is C13H20Cl2N2O3S. The summed E-state index contributed by atoms with van der Waals surface area (Å²) in [7, 11) is -0.664. The highest BCUT2D eigenvalue weighted by Gasteiger charge is 2.25. The number of ether oxygens (including phenoxy) is 1. The van der Waals surface area contributed by atoms with Crippen LogP contribution in [0.25, 0.3) is 0 Å². The first-order valence-electron chi connectivity index (χ1n) is 6.49. The molecule has 0 heterocycles. The van der Waals surface area contributed by atoms with Gasteiger partial charge in [-0.15, -0.1) is 0 Å². The van der Waals surface area contributed by atoms with Crippen molar-refractivity contribution in [2.45, 2.75) is 18.4 Å². The molecule has 0 radical (unpaired) electrons. The molecule has 0 aliphatic rings. The Labute approximate surface area is 136 Å². The topological polar surface area (TPSA) is 58.6 Å². The summed E-state index contributed by atoms with van der Waals surface area (Å²) in [5, 5.41) is 3.69. The molecule has 0 bridgehead atoms. The number of likely N-dealkylation sites (N-methyl/N-ethyl adjacent to an activating group) is 1. The molecule has 8 heteroatoms. The summed E-state index contributed by atoms with van der Waals surface area (Å²) in [5.41, 5.74) is 0.585. The third kappa shape index (κ3) is 4.55. The minimum Gasteiger partial charge on any atom is -0.383 e. The predicted octanol–water partition coefficient (Wildman–Crippen LogP) is 2.37. The number of methoxy groups -OCH3 is 1. The molecule has 0 aliphatic heterocycles. The molecule has 0 saturated carbocycles. The van der Waals surface area contributed by atoms with Crippen molar-refractivity contribution < 1.29 is 13.2 Å². The fourth-order valence-electron chi connectivity index (χ4n) is 1.70. The average Bonchev–Trinajstić information content (AvgIpc) is 2.44. The molecule has 21 heavy (non-hydrogen) atoms. The quantitative estimate of drug-likeness (QED) is 0.778. The second-order valence-electron chi connectivity index (χ2n) is 4.44. The van der Waals surface area contributed by atoms with Crippen LogP contribution in [0.3, 0.4) is 0 Å². The van der Waals surface area contributed by atoms with Gasteiger partial charge in [-0.1, -0.05) is 30.1 Å². The van der Waals surface area contributed by atoms with Crippen LogP contribution in [0, 0.1) is 0 Å². The minimum atomic E-state index is -3.67. The molecule has 1 rings (SSSR count). The van der Waals surface area contributed by atoms with Gasteiger partial charge in [0.1, 0.15) is 4.90 Å². The summed E-state index contributed by atoms with van der Waals surface area (Å²) in [5.74, 6) is 0. The van der Waals surface area contributed by atoms with Crippen molar-refractivity contribution in [3.63, 3.8) is 0 Å². The molecular weight excluding hydrogens is 335 g/mol. The number of hydrogen-bond donors (Lipinski definition) is 1. The number of hydrogen-bond acceptors (Lipinski definition) is 4. The second kappa shape index (κ2) is 8.31. The van der Waals surface area contributed by atoms with E-state index in [0.29, 0.717) is 23.7 Å². The molecule has 0 amide bonds. The monoisotopic (exact) mass is 354 g/mol. The van der Waals surface area contributed by atoms with Crippen LogP contribution in [0.15, 0.2) is 17.0 Å². The number of benzene rings is 1. The SMILES string of the molecule is CCNCc1c(Cl)ccc(S(=O)(=O)N(C)CCOC)c1Cl. The van der Waals surface area contributed by atoms with Crippen molar-refractivity contribution in [2.24, 2.45) is 0 Å². The van der Waals surface area contributed by atoms with E-state index in [9.17, 15) is 8.42 Å². The van der Waals surface area contributed by atoms with E-state index in [2.05, 4.69) is 5.32 Å². The van der Waals surface area contributed by atoms with Gasteiger partial charge in [-0.25, -0.2) is 8.42 Å². The van der Waals surface area contributed by atoms with Crippen molar-refractivity contribution in [3.8, 4) is 0 Å². The Bertz CT molecular complexity index is 579. The van der Waals surface area contributed by atoms with E-state index in [1.165, 1.54) is 24.5 Å². The lowest BCUT2D eigenvalue weighted by Gasteiger charge is -2.19. The average molecular weight is 355 g/mol. The van der Waals surface area contributed by atoms with Crippen molar-refractivity contribution in [1.29, 1.82) is 0 Å². The number of halogens is 2. The first kappa shape index (κ1) is 18.7. The van der Waals surface area contributed by atoms with Crippen LogP contribution in [-0.2, 0) is 21.3 Å². The minimum absolute atomic E-state index is 0.0556. The van der Waals surface area contributed by atoms with Gasteiger partial charge in [0.05, 0.1) is 11.6 Å². The number of rotatable bonds is 8. The van der Waals surface area contributed by atoms with Gasteiger partial charge >= 0.3 is 0 Å². The van der Waals surface area contributed by atoms with Crippen molar-refractivity contribution in [3.05, 3.63) is 27.7 Å². The Morgan fingerprint density at radius 3 is 2.57 bits per heavy atom. The highest BCUT2D eigenvalue weighted by Crippen LogP contribution is 2.32. The molecule has 1 aromatic carbocycles. The molecule has 0 aromatic heterocycles. The zero-order valence-corrected chi connectivity index (χ0v) is 14.6. The van der Waals surface area contributed by atoms with E-state index in [4.69, 9.17) is 27.9 Å². The fraction of sp³-hybridized carbons (Fsp3) is 0.538. The van der Waals surface area contributed by atoms with Gasteiger partial charge in [-0.05, 0) is 18.7 Å². The lowest BCUT2D eigenvalue weighted by Crippen LogP contribution is -2.30. The van der Waals surface area contributed by atoms with Crippen LogP contribution in [0.5, 0.6) is 0 Å². The maximum Gasteiger partial charge on any atom is 0.244 e. The van der Waals surface area contributed by atoms with Crippen LogP contribution in [0.2, 0.25) is 10.0 Å². The molecule has 1 aromatic rings.